The maximum absolute atomic E-state index is 12.9. The summed E-state index contributed by atoms with van der Waals surface area (Å²) in [5.74, 6) is 0.588. The van der Waals surface area contributed by atoms with Crippen molar-refractivity contribution in [1.29, 1.82) is 0 Å². The second-order valence-electron chi connectivity index (χ2n) is 9.05. The smallest absolute Gasteiger partial charge is 0.251 e. The highest BCUT2D eigenvalue weighted by atomic mass is 16.6. The summed E-state index contributed by atoms with van der Waals surface area (Å²) in [4.78, 5) is 19.7. The Morgan fingerprint density at radius 1 is 1.29 bits per heavy atom. The molecule has 5 rings (SSSR count). The van der Waals surface area contributed by atoms with Crippen LogP contribution < -0.4 is 15.8 Å². The molecule has 4 aliphatic rings. The number of allylic oxidation sites excluding steroid dienone is 1. The molecule has 1 aliphatic carbocycles. The van der Waals surface area contributed by atoms with Crippen LogP contribution in [0.3, 0.4) is 0 Å². The van der Waals surface area contributed by atoms with Gasteiger partial charge in [-0.3, -0.25) is 9.79 Å². The van der Waals surface area contributed by atoms with Crippen LogP contribution >= 0.6 is 0 Å². The van der Waals surface area contributed by atoms with Crippen LogP contribution in [-0.2, 0) is 9.47 Å². The third-order valence-corrected chi connectivity index (χ3v) is 6.89. The van der Waals surface area contributed by atoms with Crippen LogP contribution in [0.5, 0.6) is 0 Å². The molecule has 1 aromatic carbocycles. The number of aliphatic imine (C=N–C) groups is 1. The molecule has 1 saturated heterocycles. The van der Waals surface area contributed by atoms with E-state index in [1.807, 2.05) is 19.1 Å². The van der Waals surface area contributed by atoms with Crippen molar-refractivity contribution in [3.8, 4) is 0 Å². The predicted octanol–water partition coefficient (Wildman–Crippen LogP) is 1.50. The highest BCUT2D eigenvalue weighted by Gasteiger charge is 2.32. The summed E-state index contributed by atoms with van der Waals surface area (Å²) >= 11 is 0. The Morgan fingerprint density at radius 2 is 2.19 bits per heavy atom. The number of benzene rings is 1. The third-order valence-electron chi connectivity index (χ3n) is 6.89. The molecule has 0 aromatic heterocycles. The Bertz CT molecular complexity index is 1040. The lowest BCUT2D eigenvalue weighted by atomic mass is 9.97. The Labute approximate surface area is 183 Å². The maximum Gasteiger partial charge on any atom is 0.251 e. The first-order chi connectivity index (χ1) is 15.1. The molecule has 1 saturated carbocycles. The number of hydrogen-bond acceptors (Lipinski definition) is 5. The van der Waals surface area contributed by atoms with Gasteiger partial charge < -0.3 is 19.7 Å². The first-order valence-corrected chi connectivity index (χ1v) is 11.4. The van der Waals surface area contributed by atoms with E-state index in [0.29, 0.717) is 43.9 Å². The van der Waals surface area contributed by atoms with Crippen molar-refractivity contribution in [3.05, 3.63) is 46.0 Å². The molecule has 1 N–H and O–H groups in total. The maximum atomic E-state index is 12.9. The third kappa shape index (κ3) is 4.46. The predicted molar refractivity (Wildman–Crippen MR) is 121 cm³/mol. The van der Waals surface area contributed by atoms with E-state index in [-0.39, 0.29) is 12.0 Å². The summed E-state index contributed by atoms with van der Waals surface area (Å²) in [7, 11) is 0. The first-order valence-electron chi connectivity index (χ1n) is 11.4. The number of fused-ring (bicyclic) bond motifs is 2. The van der Waals surface area contributed by atoms with Crippen molar-refractivity contribution < 1.29 is 14.3 Å². The monoisotopic (exact) mass is 421 g/mol. The van der Waals surface area contributed by atoms with Crippen LogP contribution in [0.1, 0.15) is 41.6 Å². The van der Waals surface area contributed by atoms with Gasteiger partial charge in [-0.15, -0.1) is 0 Å². The fourth-order valence-electron chi connectivity index (χ4n) is 4.90. The molecule has 0 radical (unpaired) electrons. The van der Waals surface area contributed by atoms with Gasteiger partial charge in [-0.05, 0) is 61.4 Å². The molecular formula is C25H31N3O3. The van der Waals surface area contributed by atoms with Crippen LogP contribution in [0.15, 0.2) is 29.4 Å². The van der Waals surface area contributed by atoms with Crippen LogP contribution in [-0.4, -0.2) is 61.6 Å². The van der Waals surface area contributed by atoms with E-state index in [2.05, 4.69) is 34.1 Å². The van der Waals surface area contributed by atoms with Gasteiger partial charge in [-0.25, -0.2) is 0 Å². The summed E-state index contributed by atoms with van der Waals surface area (Å²) in [6.07, 6.45) is 9.01. The van der Waals surface area contributed by atoms with Gasteiger partial charge in [0.2, 0.25) is 0 Å². The van der Waals surface area contributed by atoms with Crippen molar-refractivity contribution in [3.63, 3.8) is 0 Å². The topological polar surface area (TPSA) is 63.2 Å². The number of nitrogens with zero attached hydrogens (tertiary/aromatic N) is 2. The molecule has 1 aromatic rings. The van der Waals surface area contributed by atoms with Gasteiger partial charge in [0.15, 0.2) is 0 Å². The number of nitrogens with one attached hydrogen (secondary N) is 1. The lowest BCUT2D eigenvalue weighted by Crippen LogP contribution is -2.42. The summed E-state index contributed by atoms with van der Waals surface area (Å²) in [6.45, 7) is 9.48. The Morgan fingerprint density at radius 3 is 3.03 bits per heavy atom. The standard InChI is InChI=1S/C25H31N3O3/c1-16-11-19-5-6-21(25(29)26-12-20-15-30-9-10-31-20)17(2)22(19)14-28(16)13-18-3-7-23-24(27-23)8-4-18/h5-6,11,14,18,20,23H,1,3-4,7-10,12-13,15H2,2H3,(H,26,29). The molecule has 3 unspecified atom stereocenters. The number of hydrogen-bond donors (Lipinski definition) is 1. The van der Waals surface area contributed by atoms with Crippen LogP contribution in [0.2, 0.25) is 0 Å². The minimum atomic E-state index is -0.0779. The van der Waals surface area contributed by atoms with Crippen LogP contribution in [0, 0.1) is 12.8 Å². The molecule has 2 fully saturated rings. The zero-order valence-corrected chi connectivity index (χ0v) is 18.2. The fraction of sp³-hybridized carbons (Fsp3) is 0.520. The number of rotatable bonds is 5. The lowest BCUT2D eigenvalue weighted by molar-refractivity contribution is -0.0855. The van der Waals surface area contributed by atoms with E-state index in [4.69, 9.17) is 9.47 Å². The zero-order valence-electron chi connectivity index (χ0n) is 18.2. The molecule has 0 spiro atoms. The molecule has 3 heterocycles. The van der Waals surface area contributed by atoms with Gasteiger partial charge >= 0.3 is 0 Å². The van der Waals surface area contributed by atoms with E-state index >= 15 is 0 Å². The van der Waals surface area contributed by atoms with E-state index in [1.54, 1.807) is 0 Å². The lowest BCUT2D eigenvalue weighted by Gasteiger charge is -2.28. The summed E-state index contributed by atoms with van der Waals surface area (Å²) in [5, 5.41) is 5.24. The first kappa shape index (κ1) is 20.5. The Hall–Kier alpha value is -2.44. The van der Waals surface area contributed by atoms with Crippen LogP contribution in [0.25, 0.3) is 12.3 Å². The average Bonchev–Trinajstić information content (AvgIpc) is 3.55. The summed E-state index contributed by atoms with van der Waals surface area (Å²) < 4.78 is 11.0. The van der Waals surface area contributed by atoms with Crippen molar-refractivity contribution in [2.45, 2.75) is 44.8 Å². The number of carbonyl (C=O) groups is 1. The molecule has 0 bridgehead atoms. The van der Waals surface area contributed by atoms with E-state index in [1.165, 1.54) is 25.0 Å². The largest absolute Gasteiger partial charge is 0.376 e. The SMILES string of the molecule is C=C1C=c2ccc(C(=O)NCC3COCCO3)c(C)c2=CN1CC1CCC2=NC2CC1. The van der Waals surface area contributed by atoms with Gasteiger partial charge in [-0.2, -0.15) is 0 Å². The Kier molecular flexibility index (Phi) is 5.67. The highest BCUT2D eigenvalue weighted by Crippen LogP contribution is 2.32. The minimum absolute atomic E-state index is 0.0670. The van der Waals surface area contributed by atoms with Gasteiger partial charge in [-0.1, -0.05) is 12.6 Å². The molecule has 6 nitrogen and oxygen atoms in total. The number of carbonyl (C=O) groups excluding carboxylic acids is 1. The van der Waals surface area contributed by atoms with Gasteiger partial charge in [0.25, 0.3) is 5.91 Å². The number of amides is 1. The Balaban J connectivity index is 1.31. The van der Waals surface area contributed by atoms with Crippen LogP contribution in [0.4, 0.5) is 0 Å². The minimum Gasteiger partial charge on any atom is -0.376 e. The molecule has 3 aliphatic heterocycles. The number of ether oxygens (including phenoxy) is 2. The van der Waals surface area contributed by atoms with E-state index < -0.39 is 0 Å². The zero-order chi connectivity index (χ0) is 21.4. The molecular weight excluding hydrogens is 390 g/mol. The second-order valence-corrected chi connectivity index (χ2v) is 9.05. The van der Waals surface area contributed by atoms with Gasteiger partial charge in [0, 0.05) is 41.5 Å². The molecule has 6 heteroatoms. The highest BCUT2D eigenvalue weighted by molar-refractivity contribution is 6.00. The summed E-state index contributed by atoms with van der Waals surface area (Å²) in [6, 6.07) is 4.49. The molecule has 3 atom stereocenters. The molecule has 164 valence electrons. The summed E-state index contributed by atoms with van der Waals surface area (Å²) in [5.41, 5.74) is 4.16. The normalized spacial score (nSPS) is 27.1. The van der Waals surface area contributed by atoms with Crippen molar-refractivity contribution in [1.82, 2.24) is 10.2 Å². The van der Waals surface area contributed by atoms with E-state index in [0.717, 1.165) is 34.7 Å². The second kappa shape index (κ2) is 8.60. The van der Waals surface area contributed by atoms with E-state index in [9.17, 15) is 4.79 Å². The van der Waals surface area contributed by atoms with Gasteiger partial charge in [0.05, 0.1) is 32.0 Å². The van der Waals surface area contributed by atoms with Gasteiger partial charge in [0.1, 0.15) is 0 Å². The van der Waals surface area contributed by atoms with Crippen molar-refractivity contribution >= 4 is 23.9 Å². The fourth-order valence-corrected chi connectivity index (χ4v) is 4.90. The average molecular weight is 422 g/mol. The molecule has 1 amide bonds. The molecule has 31 heavy (non-hydrogen) atoms. The quantitative estimate of drug-likeness (QED) is 0.783. The van der Waals surface area contributed by atoms with Crippen molar-refractivity contribution in [2.75, 3.05) is 32.9 Å². The van der Waals surface area contributed by atoms with Crippen molar-refractivity contribution in [2.24, 2.45) is 10.9 Å².